The van der Waals surface area contributed by atoms with Crippen LogP contribution in [-0.4, -0.2) is 50.0 Å². The van der Waals surface area contributed by atoms with E-state index in [1.165, 1.54) is 4.90 Å². The lowest BCUT2D eigenvalue weighted by Crippen LogP contribution is -2.53. The fraction of sp³-hybridized carbons (Fsp3) is 0.462. The van der Waals surface area contributed by atoms with E-state index in [1.54, 1.807) is 24.3 Å². The summed E-state index contributed by atoms with van der Waals surface area (Å²) in [4.78, 5) is 28.3. The zero-order valence-corrected chi connectivity index (χ0v) is 22.9. The Morgan fingerprint density at radius 1 is 1.00 bits per heavy atom. The topological polar surface area (TPSA) is 86.8 Å². The number of carbonyl (C=O) groups is 2. The zero-order valence-electron chi connectivity index (χ0n) is 21.3. The van der Waals surface area contributed by atoms with Crippen molar-refractivity contribution in [2.45, 2.75) is 66.1 Å². The van der Waals surface area contributed by atoms with Crippen molar-refractivity contribution in [1.29, 1.82) is 0 Å². The van der Waals surface area contributed by atoms with E-state index in [1.807, 2.05) is 52.8 Å². The molecule has 0 heterocycles. The van der Waals surface area contributed by atoms with Crippen LogP contribution in [0, 0.1) is 13.8 Å². The summed E-state index contributed by atoms with van der Waals surface area (Å²) in [7, 11) is -3.78. The Morgan fingerprint density at radius 2 is 1.57 bits per heavy atom. The standard InChI is InChI=1S/C26H36ClN3O4S/c1-7-20(5)28-26(32)23(8-2)29(16-21-12-14-22(27)15-13-21)24(31)17-30(35(6,33)34)25-18(3)10-9-11-19(25)4/h9-15,20,23H,7-8,16-17H2,1-6H3,(H,28,32). The molecule has 0 saturated carbocycles. The maximum absolute atomic E-state index is 13.7. The molecule has 35 heavy (non-hydrogen) atoms. The molecule has 2 unspecified atom stereocenters. The van der Waals surface area contributed by atoms with E-state index in [9.17, 15) is 18.0 Å². The molecule has 0 aromatic heterocycles. The Bertz CT molecular complexity index is 1120. The quantitative estimate of drug-likeness (QED) is 0.473. The van der Waals surface area contributed by atoms with Gasteiger partial charge in [-0.25, -0.2) is 8.42 Å². The first kappa shape index (κ1) is 28.7. The Kier molecular flexibility index (Phi) is 10.2. The van der Waals surface area contributed by atoms with Crippen molar-refractivity contribution in [3.05, 3.63) is 64.2 Å². The zero-order chi connectivity index (χ0) is 26.3. The van der Waals surface area contributed by atoms with Gasteiger partial charge in [-0.3, -0.25) is 13.9 Å². The molecule has 0 spiro atoms. The molecule has 2 amide bonds. The van der Waals surface area contributed by atoms with E-state index in [2.05, 4.69) is 5.32 Å². The number of para-hydroxylation sites is 1. The summed E-state index contributed by atoms with van der Waals surface area (Å²) in [5.41, 5.74) is 2.76. The average Bonchev–Trinajstić information content (AvgIpc) is 2.78. The summed E-state index contributed by atoms with van der Waals surface area (Å²) in [5.74, 6) is -0.721. The van der Waals surface area contributed by atoms with Gasteiger partial charge in [-0.1, -0.05) is 55.8 Å². The number of hydrogen-bond donors (Lipinski definition) is 1. The molecule has 192 valence electrons. The molecule has 2 rings (SSSR count). The van der Waals surface area contributed by atoms with Crippen LogP contribution in [0.1, 0.15) is 50.3 Å². The Balaban J connectivity index is 2.49. The normalized spacial score (nSPS) is 13.1. The maximum Gasteiger partial charge on any atom is 0.244 e. The monoisotopic (exact) mass is 521 g/mol. The largest absolute Gasteiger partial charge is 0.352 e. The number of nitrogens with zero attached hydrogens (tertiary/aromatic N) is 2. The fourth-order valence-electron chi connectivity index (χ4n) is 3.92. The lowest BCUT2D eigenvalue weighted by Gasteiger charge is -2.34. The van der Waals surface area contributed by atoms with E-state index in [0.717, 1.165) is 33.7 Å². The van der Waals surface area contributed by atoms with Crippen LogP contribution < -0.4 is 9.62 Å². The van der Waals surface area contributed by atoms with Crippen molar-refractivity contribution in [1.82, 2.24) is 10.2 Å². The fourth-order valence-corrected chi connectivity index (χ4v) is 5.01. The maximum atomic E-state index is 13.7. The summed E-state index contributed by atoms with van der Waals surface area (Å²) >= 11 is 6.02. The second kappa shape index (κ2) is 12.4. The van der Waals surface area contributed by atoms with E-state index in [4.69, 9.17) is 11.6 Å². The summed E-state index contributed by atoms with van der Waals surface area (Å²) in [6.07, 6.45) is 2.22. The van der Waals surface area contributed by atoms with Crippen LogP contribution in [0.3, 0.4) is 0 Å². The number of nitrogens with one attached hydrogen (secondary N) is 1. The Morgan fingerprint density at radius 3 is 2.06 bits per heavy atom. The molecular weight excluding hydrogens is 486 g/mol. The smallest absolute Gasteiger partial charge is 0.244 e. The van der Waals surface area contributed by atoms with Gasteiger partial charge in [0.15, 0.2) is 0 Å². The molecule has 7 nitrogen and oxygen atoms in total. The third kappa shape index (κ3) is 7.70. The number of sulfonamides is 1. The van der Waals surface area contributed by atoms with Gasteiger partial charge in [-0.05, 0) is 62.4 Å². The van der Waals surface area contributed by atoms with Gasteiger partial charge in [-0.15, -0.1) is 0 Å². The van der Waals surface area contributed by atoms with Gasteiger partial charge in [-0.2, -0.15) is 0 Å². The number of halogens is 1. The highest BCUT2D eigenvalue weighted by Crippen LogP contribution is 2.27. The first-order valence-electron chi connectivity index (χ1n) is 11.8. The van der Waals surface area contributed by atoms with E-state index in [0.29, 0.717) is 17.1 Å². The number of aryl methyl sites for hydroxylation is 2. The molecule has 9 heteroatoms. The van der Waals surface area contributed by atoms with Crippen LogP contribution in [0.15, 0.2) is 42.5 Å². The van der Waals surface area contributed by atoms with Gasteiger partial charge in [0.05, 0.1) is 11.9 Å². The first-order chi connectivity index (χ1) is 16.4. The van der Waals surface area contributed by atoms with Crippen molar-refractivity contribution in [3.63, 3.8) is 0 Å². The molecule has 0 saturated heterocycles. The Hall–Kier alpha value is -2.58. The first-order valence-corrected chi connectivity index (χ1v) is 14.0. The number of rotatable bonds is 11. The lowest BCUT2D eigenvalue weighted by atomic mass is 10.1. The van der Waals surface area contributed by atoms with E-state index in [-0.39, 0.29) is 18.5 Å². The molecule has 0 aliphatic rings. The molecule has 0 fully saturated rings. The number of hydrogen-bond acceptors (Lipinski definition) is 4. The summed E-state index contributed by atoms with van der Waals surface area (Å²) in [5, 5.41) is 3.52. The number of benzene rings is 2. The molecule has 0 aliphatic carbocycles. The molecule has 0 bridgehead atoms. The molecule has 1 N–H and O–H groups in total. The predicted octanol–water partition coefficient (Wildman–Crippen LogP) is 4.44. The second-order valence-corrected chi connectivity index (χ2v) is 11.2. The molecule has 2 aromatic carbocycles. The molecule has 2 atom stereocenters. The van der Waals surface area contributed by atoms with E-state index >= 15 is 0 Å². The van der Waals surface area contributed by atoms with Gasteiger partial charge < -0.3 is 10.2 Å². The van der Waals surface area contributed by atoms with Crippen LogP contribution >= 0.6 is 11.6 Å². The van der Waals surface area contributed by atoms with Crippen LogP contribution in [0.5, 0.6) is 0 Å². The van der Waals surface area contributed by atoms with Crippen LogP contribution in [-0.2, 0) is 26.2 Å². The minimum atomic E-state index is -3.78. The number of anilines is 1. The third-order valence-corrected chi connectivity index (χ3v) is 7.39. The van der Waals surface area contributed by atoms with Crippen molar-refractivity contribution in [2.75, 3.05) is 17.1 Å². The minimum absolute atomic E-state index is 0.0498. The Labute approximate surface area is 214 Å². The van der Waals surface area contributed by atoms with Crippen LogP contribution in [0.2, 0.25) is 5.02 Å². The number of amides is 2. The lowest BCUT2D eigenvalue weighted by molar-refractivity contribution is -0.140. The van der Waals surface area contributed by atoms with Gasteiger partial charge in [0, 0.05) is 17.6 Å². The van der Waals surface area contributed by atoms with Crippen LogP contribution in [0.25, 0.3) is 0 Å². The van der Waals surface area contributed by atoms with Crippen LogP contribution in [0.4, 0.5) is 5.69 Å². The molecule has 2 aromatic rings. The van der Waals surface area contributed by atoms with Crippen molar-refractivity contribution >= 4 is 39.1 Å². The summed E-state index contributed by atoms with van der Waals surface area (Å²) in [6, 6.07) is 11.7. The second-order valence-electron chi connectivity index (χ2n) is 8.90. The van der Waals surface area contributed by atoms with Crippen molar-refractivity contribution in [3.8, 4) is 0 Å². The molecular formula is C26H36ClN3O4S. The van der Waals surface area contributed by atoms with Gasteiger partial charge in [0.25, 0.3) is 0 Å². The average molecular weight is 522 g/mol. The van der Waals surface area contributed by atoms with Crippen molar-refractivity contribution < 1.29 is 18.0 Å². The van der Waals surface area contributed by atoms with Crippen molar-refractivity contribution in [2.24, 2.45) is 0 Å². The highest BCUT2D eigenvalue weighted by atomic mass is 35.5. The van der Waals surface area contributed by atoms with E-state index < -0.39 is 28.5 Å². The van der Waals surface area contributed by atoms with Gasteiger partial charge in [0.1, 0.15) is 12.6 Å². The predicted molar refractivity (Wildman–Crippen MR) is 142 cm³/mol. The highest BCUT2D eigenvalue weighted by molar-refractivity contribution is 7.92. The summed E-state index contributed by atoms with van der Waals surface area (Å²) < 4.78 is 26.8. The third-order valence-electron chi connectivity index (χ3n) is 6.02. The summed E-state index contributed by atoms with van der Waals surface area (Å²) in [6.45, 7) is 9.07. The highest BCUT2D eigenvalue weighted by Gasteiger charge is 2.32. The molecule has 0 aliphatic heterocycles. The SMILES string of the molecule is CCC(C)NC(=O)C(CC)N(Cc1ccc(Cl)cc1)C(=O)CN(c1c(C)cccc1C)S(C)(=O)=O. The van der Waals surface area contributed by atoms with Gasteiger partial charge >= 0.3 is 0 Å². The minimum Gasteiger partial charge on any atom is -0.352 e. The number of carbonyl (C=O) groups excluding carboxylic acids is 2. The molecule has 0 radical (unpaired) electrons. The van der Waals surface area contributed by atoms with Gasteiger partial charge in [0.2, 0.25) is 21.8 Å².